The van der Waals surface area contributed by atoms with Gasteiger partial charge in [0.15, 0.2) is 11.5 Å². The first-order valence-electron chi connectivity index (χ1n) is 8.74. The first-order valence-corrected chi connectivity index (χ1v) is 8.74. The maximum absolute atomic E-state index is 6.14. The Hall–Kier alpha value is -2.00. The highest BCUT2D eigenvalue weighted by Crippen LogP contribution is 2.32. The number of para-hydroxylation sites is 1. The largest absolute Gasteiger partial charge is 0.490 e. The average Bonchev–Trinajstić information content (AvgIpc) is 2.55. The predicted molar refractivity (Wildman–Crippen MR) is 99.7 cm³/mol. The van der Waals surface area contributed by atoms with Crippen LogP contribution in [0.25, 0.3) is 0 Å². The van der Waals surface area contributed by atoms with Crippen LogP contribution >= 0.6 is 0 Å². The van der Waals surface area contributed by atoms with Gasteiger partial charge in [-0.15, -0.1) is 0 Å². The minimum atomic E-state index is 0.543. The quantitative estimate of drug-likeness (QED) is 0.723. The van der Waals surface area contributed by atoms with Crippen molar-refractivity contribution in [3.05, 3.63) is 59.2 Å². The molecule has 130 valence electrons. The van der Waals surface area contributed by atoms with Crippen molar-refractivity contribution < 1.29 is 9.47 Å². The van der Waals surface area contributed by atoms with Crippen molar-refractivity contribution in [1.29, 1.82) is 0 Å². The number of benzene rings is 2. The number of ether oxygens (including phenoxy) is 2. The molecule has 1 N–H and O–H groups in total. The Labute approximate surface area is 146 Å². The van der Waals surface area contributed by atoms with E-state index in [0.717, 1.165) is 35.7 Å². The zero-order chi connectivity index (χ0) is 17.4. The summed E-state index contributed by atoms with van der Waals surface area (Å²) in [5, 5.41) is 3.48. The molecule has 0 atom stereocenters. The Morgan fingerprint density at radius 1 is 1.00 bits per heavy atom. The lowest BCUT2D eigenvalue weighted by molar-refractivity contribution is 0.266. The summed E-state index contributed by atoms with van der Waals surface area (Å²) in [5.74, 6) is 2.28. The lowest BCUT2D eigenvalue weighted by Gasteiger charge is -2.17. The SMILES string of the molecule is CCOc1cccc(CNCC(C)C)c1OCc1ccc(C)cc1. The highest BCUT2D eigenvalue weighted by Gasteiger charge is 2.11. The number of nitrogens with one attached hydrogen (secondary N) is 1. The number of hydrogen-bond donors (Lipinski definition) is 1. The molecule has 3 heteroatoms. The van der Waals surface area contributed by atoms with Crippen LogP contribution in [-0.2, 0) is 13.2 Å². The van der Waals surface area contributed by atoms with E-state index in [0.29, 0.717) is 19.1 Å². The van der Waals surface area contributed by atoms with E-state index in [2.05, 4.69) is 56.4 Å². The molecule has 24 heavy (non-hydrogen) atoms. The van der Waals surface area contributed by atoms with Crippen LogP contribution in [0.1, 0.15) is 37.5 Å². The van der Waals surface area contributed by atoms with Gasteiger partial charge in [0.25, 0.3) is 0 Å². The van der Waals surface area contributed by atoms with Crippen molar-refractivity contribution in [2.24, 2.45) is 5.92 Å². The van der Waals surface area contributed by atoms with Gasteiger partial charge >= 0.3 is 0 Å². The summed E-state index contributed by atoms with van der Waals surface area (Å²) in [6.07, 6.45) is 0. The van der Waals surface area contributed by atoms with Gasteiger partial charge in [-0.25, -0.2) is 0 Å². The molecular formula is C21H29NO2. The normalized spacial score (nSPS) is 10.9. The standard InChI is InChI=1S/C21H29NO2/c1-5-23-20-8-6-7-19(14-22-13-16(2)3)21(20)24-15-18-11-9-17(4)10-12-18/h6-12,16,22H,5,13-15H2,1-4H3. The van der Waals surface area contributed by atoms with E-state index < -0.39 is 0 Å². The molecule has 2 rings (SSSR count). The van der Waals surface area contributed by atoms with Crippen LogP contribution in [0.4, 0.5) is 0 Å². The summed E-state index contributed by atoms with van der Waals surface area (Å²) in [6.45, 7) is 11.4. The van der Waals surface area contributed by atoms with Crippen molar-refractivity contribution in [3.8, 4) is 11.5 Å². The second kappa shape index (κ2) is 9.33. The van der Waals surface area contributed by atoms with E-state index in [-0.39, 0.29) is 0 Å². The number of hydrogen-bond acceptors (Lipinski definition) is 3. The van der Waals surface area contributed by atoms with Gasteiger partial charge in [0, 0.05) is 12.1 Å². The van der Waals surface area contributed by atoms with E-state index in [1.165, 1.54) is 5.56 Å². The van der Waals surface area contributed by atoms with Crippen LogP contribution in [0.5, 0.6) is 11.5 Å². The molecule has 0 saturated carbocycles. The third-order valence-electron chi connectivity index (χ3n) is 3.73. The molecule has 0 fully saturated rings. The smallest absolute Gasteiger partial charge is 0.166 e. The predicted octanol–water partition coefficient (Wildman–Crippen LogP) is 4.72. The van der Waals surface area contributed by atoms with Gasteiger partial charge in [-0.05, 0) is 37.9 Å². The minimum absolute atomic E-state index is 0.543. The van der Waals surface area contributed by atoms with Crippen molar-refractivity contribution in [3.63, 3.8) is 0 Å². The highest BCUT2D eigenvalue weighted by molar-refractivity contribution is 5.46. The summed E-state index contributed by atoms with van der Waals surface area (Å²) >= 11 is 0. The molecule has 0 aliphatic heterocycles. The first kappa shape index (κ1) is 18.3. The van der Waals surface area contributed by atoms with Crippen LogP contribution in [0, 0.1) is 12.8 Å². The van der Waals surface area contributed by atoms with Gasteiger partial charge in [0.2, 0.25) is 0 Å². The van der Waals surface area contributed by atoms with E-state index in [1.54, 1.807) is 0 Å². The summed E-state index contributed by atoms with van der Waals surface area (Å²) in [7, 11) is 0. The maximum Gasteiger partial charge on any atom is 0.166 e. The van der Waals surface area contributed by atoms with Crippen LogP contribution < -0.4 is 14.8 Å². The topological polar surface area (TPSA) is 30.5 Å². The molecule has 3 nitrogen and oxygen atoms in total. The zero-order valence-electron chi connectivity index (χ0n) is 15.3. The van der Waals surface area contributed by atoms with Gasteiger partial charge in [-0.2, -0.15) is 0 Å². The molecule has 0 unspecified atom stereocenters. The summed E-state index contributed by atoms with van der Waals surface area (Å²) < 4.78 is 11.9. The molecule has 0 spiro atoms. The molecular weight excluding hydrogens is 298 g/mol. The lowest BCUT2D eigenvalue weighted by Crippen LogP contribution is -2.19. The fourth-order valence-electron chi connectivity index (χ4n) is 2.47. The summed E-state index contributed by atoms with van der Waals surface area (Å²) in [4.78, 5) is 0. The van der Waals surface area contributed by atoms with Gasteiger partial charge < -0.3 is 14.8 Å². The van der Waals surface area contributed by atoms with Crippen LogP contribution in [-0.4, -0.2) is 13.2 Å². The van der Waals surface area contributed by atoms with E-state index in [1.807, 2.05) is 19.1 Å². The molecule has 2 aromatic rings. The maximum atomic E-state index is 6.14. The molecule has 0 aromatic heterocycles. The second-order valence-corrected chi connectivity index (χ2v) is 6.48. The van der Waals surface area contributed by atoms with Gasteiger partial charge in [-0.1, -0.05) is 55.8 Å². The second-order valence-electron chi connectivity index (χ2n) is 6.48. The van der Waals surface area contributed by atoms with E-state index in [9.17, 15) is 0 Å². The Morgan fingerprint density at radius 3 is 2.42 bits per heavy atom. The summed E-state index contributed by atoms with van der Waals surface area (Å²) in [5.41, 5.74) is 3.55. The lowest BCUT2D eigenvalue weighted by atomic mass is 10.1. The van der Waals surface area contributed by atoms with Gasteiger partial charge in [-0.3, -0.25) is 0 Å². The van der Waals surface area contributed by atoms with Crippen LogP contribution in [0.15, 0.2) is 42.5 Å². The van der Waals surface area contributed by atoms with Crippen molar-refractivity contribution >= 4 is 0 Å². The minimum Gasteiger partial charge on any atom is -0.490 e. The van der Waals surface area contributed by atoms with Crippen molar-refractivity contribution in [2.75, 3.05) is 13.2 Å². The molecule has 0 bridgehead atoms. The molecule has 0 saturated heterocycles. The zero-order valence-corrected chi connectivity index (χ0v) is 15.3. The van der Waals surface area contributed by atoms with Crippen LogP contribution in [0.3, 0.4) is 0 Å². The van der Waals surface area contributed by atoms with E-state index >= 15 is 0 Å². The molecule has 0 aliphatic rings. The fraction of sp³-hybridized carbons (Fsp3) is 0.429. The molecule has 0 amide bonds. The average molecular weight is 327 g/mol. The number of aryl methyl sites for hydroxylation is 1. The van der Waals surface area contributed by atoms with Crippen molar-refractivity contribution in [1.82, 2.24) is 5.32 Å². The third-order valence-corrected chi connectivity index (χ3v) is 3.73. The Kier molecular flexibility index (Phi) is 7.13. The van der Waals surface area contributed by atoms with Crippen molar-refractivity contribution in [2.45, 2.75) is 40.8 Å². The highest BCUT2D eigenvalue weighted by atomic mass is 16.5. The van der Waals surface area contributed by atoms with Gasteiger partial charge in [0.05, 0.1) is 6.61 Å². The van der Waals surface area contributed by atoms with Crippen LogP contribution in [0.2, 0.25) is 0 Å². The Bertz CT molecular complexity index is 620. The molecule has 2 aromatic carbocycles. The molecule has 0 radical (unpaired) electrons. The van der Waals surface area contributed by atoms with Gasteiger partial charge in [0.1, 0.15) is 6.61 Å². The number of rotatable bonds is 9. The first-order chi connectivity index (χ1) is 11.6. The third kappa shape index (κ3) is 5.57. The monoisotopic (exact) mass is 327 g/mol. The molecule has 0 heterocycles. The fourth-order valence-corrected chi connectivity index (χ4v) is 2.47. The Morgan fingerprint density at radius 2 is 1.75 bits per heavy atom. The molecule has 0 aliphatic carbocycles. The van der Waals surface area contributed by atoms with E-state index in [4.69, 9.17) is 9.47 Å². The summed E-state index contributed by atoms with van der Waals surface area (Å²) in [6, 6.07) is 14.5. The Balaban J connectivity index is 2.12.